The number of hydrogen-bond acceptors (Lipinski definition) is 8. The number of benzene rings is 2. The molecular formula is C20H19ClN4O6S. The standard InChI is InChI=1S/C20H19ClN4O6S/c1-29-16-9-4-12(21)10-15(16)19(26)22-13-5-7-14(8-6-13)32(27,28)25-17-11-18(30-2)24-20(23-17)31-3/h4-11H,1-3H3,(H,22,26)(H,23,24,25). The van der Waals surface area contributed by atoms with E-state index < -0.39 is 15.9 Å². The maximum absolute atomic E-state index is 12.7. The molecule has 2 N–H and O–H groups in total. The molecule has 0 saturated carbocycles. The zero-order chi connectivity index (χ0) is 23.3. The Bertz CT molecular complexity index is 1210. The molecule has 0 spiro atoms. The van der Waals surface area contributed by atoms with Crippen molar-refractivity contribution < 1.29 is 27.4 Å². The highest BCUT2D eigenvalue weighted by Crippen LogP contribution is 2.25. The molecule has 0 fully saturated rings. The van der Waals surface area contributed by atoms with Gasteiger partial charge in [-0.05, 0) is 42.5 Å². The van der Waals surface area contributed by atoms with Crippen molar-refractivity contribution in [2.75, 3.05) is 31.4 Å². The number of halogens is 1. The average molecular weight is 479 g/mol. The van der Waals surface area contributed by atoms with Gasteiger partial charge in [-0.25, -0.2) is 8.42 Å². The third-order valence-electron chi connectivity index (χ3n) is 4.14. The van der Waals surface area contributed by atoms with Crippen LogP contribution in [0.15, 0.2) is 53.4 Å². The zero-order valence-electron chi connectivity index (χ0n) is 17.2. The molecule has 0 aliphatic heterocycles. The van der Waals surface area contributed by atoms with E-state index in [1.54, 1.807) is 12.1 Å². The van der Waals surface area contributed by atoms with E-state index in [0.717, 1.165) is 0 Å². The highest BCUT2D eigenvalue weighted by molar-refractivity contribution is 7.92. The summed E-state index contributed by atoms with van der Waals surface area (Å²) in [6.45, 7) is 0. The number of amides is 1. The molecule has 0 bridgehead atoms. The molecular weight excluding hydrogens is 460 g/mol. The van der Waals surface area contributed by atoms with Crippen LogP contribution in [-0.2, 0) is 10.0 Å². The van der Waals surface area contributed by atoms with E-state index in [2.05, 4.69) is 20.0 Å². The first-order valence-electron chi connectivity index (χ1n) is 9.00. The summed E-state index contributed by atoms with van der Waals surface area (Å²) >= 11 is 5.96. The first kappa shape index (κ1) is 23.1. The molecule has 0 aliphatic carbocycles. The van der Waals surface area contributed by atoms with Crippen LogP contribution < -0.4 is 24.2 Å². The van der Waals surface area contributed by atoms with E-state index in [9.17, 15) is 13.2 Å². The molecule has 10 nitrogen and oxygen atoms in total. The molecule has 3 rings (SSSR count). The molecule has 0 atom stereocenters. The Kier molecular flexibility index (Phi) is 7.01. The fraction of sp³-hybridized carbons (Fsp3) is 0.150. The van der Waals surface area contributed by atoms with Gasteiger partial charge >= 0.3 is 6.01 Å². The van der Waals surface area contributed by atoms with Crippen molar-refractivity contribution >= 4 is 39.0 Å². The number of anilines is 2. The van der Waals surface area contributed by atoms with Crippen LogP contribution in [0.3, 0.4) is 0 Å². The van der Waals surface area contributed by atoms with Gasteiger partial charge in [-0.3, -0.25) is 9.52 Å². The number of nitrogens with one attached hydrogen (secondary N) is 2. The number of nitrogens with zero attached hydrogens (tertiary/aromatic N) is 2. The van der Waals surface area contributed by atoms with Crippen molar-refractivity contribution in [2.45, 2.75) is 4.90 Å². The molecule has 0 saturated heterocycles. The van der Waals surface area contributed by atoms with Crippen LogP contribution in [0.25, 0.3) is 0 Å². The van der Waals surface area contributed by atoms with Gasteiger partial charge in [0.05, 0.1) is 31.8 Å². The van der Waals surface area contributed by atoms with E-state index >= 15 is 0 Å². The lowest BCUT2D eigenvalue weighted by atomic mass is 10.2. The fourth-order valence-corrected chi connectivity index (χ4v) is 3.79. The number of aromatic nitrogens is 2. The van der Waals surface area contributed by atoms with Gasteiger partial charge in [0.25, 0.3) is 15.9 Å². The Balaban J connectivity index is 1.78. The summed E-state index contributed by atoms with van der Waals surface area (Å²) < 4.78 is 42.9. The second-order valence-electron chi connectivity index (χ2n) is 6.21. The van der Waals surface area contributed by atoms with Gasteiger partial charge in [0.1, 0.15) is 5.75 Å². The van der Waals surface area contributed by atoms with E-state index in [0.29, 0.717) is 16.5 Å². The molecule has 168 valence electrons. The minimum Gasteiger partial charge on any atom is -0.496 e. The second kappa shape index (κ2) is 9.71. The topological polar surface area (TPSA) is 129 Å². The Hall–Kier alpha value is -3.57. The van der Waals surface area contributed by atoms with E-state index in [-0.39, 0.29) is 28.2 Å². The lowest BCUT2D eigenvalue weighted by molar-refractivity contribution is 0.102. The van der Waals surface area contributed by atoms with Crippen LogP contribution in [0.1, 0.15) is 10.4 Å². The monoisotopic (exact) mass is 478 g/mol. The Labute approximate surface area is 189 Å². The third-order valence-corrected chi connectivity index (χ3v) is 5.75. The van der Waals surface area contributed by atoms with E-state index in [1.807, 2.05) is 0 Å². The van der Waals surface area contributed by atoms with Gasteiger partial charge in [-0.1, -0.05) is 11.6 Å². The maximum Gasteiger partial charge on any atom is 0.321 e. The van der Waals surface area contributed by atoms with Crippen molar-refractivity contribution in [3.63, 3.8) is 0 Å². The van der Waals surface area contributed by atoms with Gasteiger partial charge in [-0.2, -0.15) is 9.97 Å². The number of ether oxygens (including phenoxy) is 3. The van der Waals surface area contributed by atoms with Crippen LogP contribution in [-0.4, -0.2) is 45.6 Å². The summed E-state index contributed by atoms with van der Waals surface area (Å²) in [5, 5.41) is 3.05. The van der Waals surface area contributed by atoms with E-state index in [4.69, 9.17) is 25.8 Å². The predicted molar refractivity (Wildman–Crippen MR) is 118 cm³/mol. The van der Waals surface area contributed by atoms with Gasteiger partial charge in [0.2, 0.25) is 5.88 Å². The molecule has 3 aromatic rings. The number of methoxy groups -OCH3 is 3. The largest absolute Gasteiger partial charge is 0.496 e. The van der Waals surface area contributed by atoms with Crippen LogP contribution in [0.4, 0.5) is 11.5 Å². The van der Waals surface area contributed by atoms with Crippen molar-refractivity contribution in [2.24, 2.45) is 0 Å². The quantitative estimate of drug-likeness (QED) is 0.505. The number of rotatable bonds is 8. The minimum atomic E-state index is -3.98. The normalized spacial score (nSPS) is 10.9. The highest BCUT2D eigenvalue weighted by atomic mass is 35.5. The highest BCUT2D eigenvalue weighted by Gasteiger charge is 2.18. The molecule has 1 aromatic heterocycles. The summed E-state index contributed by atoms with van der Waals surface area (Å²) in [5.74, 6) is -0.00699. The zero-order valence-corrected chi connectivity index (χ0v) is 18.8. The Morgan fingerprint density at radius 3 is 2.28 bits per heavy atom. The molecule has 12 heteroatoms. The smallest absolute Gasteiger partial charge is 0.321 e. The van der Waals surface area contributed by atoms with Crippen molar-refractivity contribution in [3.8, 4) is 17.6 Å². The summed E-state index contributed by atoms with van der Waals surface area (Å²) in [7, 11) is 0.189. The van der Waals surface area contributed by atoms with Crippen LogP contribution in [0.2, 0.25) is 5.02 Å². The number of carbonyl (C=O) groups is 1. The number of sulfonamides is 1. The predicted octanol–water partition coefficient (Wildman–Crippen LogP) is 3.21. The first-order chi connectivity index (χ1) is 15.2. The molecule has 32 heavy (non-hydrogen) atoms. The summed E-state index contributed by atoms with van der Waals surface area (Å²) in [6, 6.07) is 11.5. The fourth-order valence-electron chi connectivity index (χ4n) is 2.62. The molecule has 0 radical (unpaired) electrons. The Morgan fingerprint density at radius 2 is 1.66 bits per heavy atom. The van der Waals surface area contributed by atoms with Crippen LogP contribution in [0, 0.1) is 0 Å². The minimum absolute atomic E-state index is 0.0286. The summed E-state index contributed by atoms with van der Waals surface area (Å²) in [5.41, 5.74) is 0.617. The van der Waals surface area contributed by atoms with Crippen molar-refractivity contribution in [1.82, 2.24) is 9.97 Å². The summed E-state index contributed by atoms with van der Waals surface area (Å²) in [4.78, 5) is 20.4. The summed E-state index contributed by atoms with van der Waals surface area (Å²) in [6.07, 6.45) is 0. The number of hydrogen-bond donors (Lipinski definition) is 2. The van der Waals surface area contributed by atoms with Gasteiger partial charge in [-0.15, -0.1) is 0 Å². The lowest BCUT2D eigenvalue weighted by Crippen LogP contribution is -2.15. The number of carbonyl (C=O) groups excluding carboxylic acids is 1. The molecule has 1 amide bonds. The molecule has 2 aromatic carbocycles. The van der Waals surface area contributed by atoms with Gasteiger partial charge in [0.15, 0.2) is 5.82 Å². The molecule has 1 heterocycles. The third kappa shape index (κ3) is 5.37. The molecule has 0 unspecified atom stereocenters. The Morgan fingerprint density at radius 1 is 0.938 bits per heavy atom. The van der Waals surface area contributed by atoms with Gasteiger partial charge in [0, 0.05) is 16.8 Å². The molecule has 0 aliphatic rings. The van der Waals surface area contributed by atoms with E-state index in [1.165, 1.54) is 57.7 Å². The second-order valence-corrected chi connectivity index (χ2v) is 8.33. The van der Waals surface area contributed by atoms with Crippen molar-refractivity contribution in [1.29, 1.82) is 0 Å². The van der Waals surface area contributed by atoms with Crippen LogP contribution in [0.5, 0.6) is 17.6 Å². The van der Waals surface area contributed by atoms with Crippen LogP contribution >= 0.6 is 11.6 Å². The lowest BCUT2D eigenvalue weighted by Gasteiger charge is -2.11. The van der Waals surface area contributed by atoms with Crippen molar-refractivity contribution in [3.05, 3.63) is 59.1 Å². The first-order valence-corrected chi connectivity index (χ1v) is 10.9. The van der Waals surface area contributed by atoms with Gasteiger partial charge < -0.3 is 19.5 Å². The average Bonchev–Trinajstić information content (AvgIpc) is 2.78. The SMILES string of the molecule is COc1cc(NS(=O)(=O)c2ccc(NC(=O)c3cc(Cl)ccc3OC)cc2)nc(OC)n1. The maximum atomic E-state index is 12.7.